The molecular formula is C8H16N6OS. The van der Waals surface area contributed by atoms with Crippen molar-refractivity contribution in [1.29, 1.82) is 0 Å². The molecule has 1 heterocycles. The van der Waals surface area contributed by atoms with Crippen molar-refractivity contribution in [3.63, 3.8) is 0 Å². The molecule has 1 aromatic rings. The van der Waals surface area contributed by atoms with Gasteiger partial charge in [0.25, 0.3) is 0 Å². The number of aromatic nitrogens is 4. The molecule has 0 aromatic carbocycles. The molecule has 2 atom stereocenters. The predicted octanol–water partition coefficient (Wildman–Crippen LogP) is -1.27. The lowest BCUT2D eigenvalue weighted by molar-refractivity contribution is -0.108. The summed E-state index contributed by atoms with van der Waals surface area (Å²) in [5.74, 6) is 0.518. The first kappa shape index (κ1) is 13.1. The van der Waals surface area contributed by atoms with Gasteiger partial charge in [-0.05, 0) is 24.5 Å². The van der Waals surface area contributed by atoms with Crippen molar-refractivity contribution in [1.82, 2.24) is 25.1 Å². The smallest absolute Gasteiger partial charge is 0.166 e. The number of thiol groups is 1. The van der Waals surface area contributed by atoms with E-state index < -0.39 is 11.3 Å². The number of rotatable bonds is 6. The van der Waals surface area contributed by atoms with Crippen LogP contribution in [0.25, 0.3) is 0 Å². The molecule has 2 unspecified atom stereocenters. The van der Waals surface area contributed by atoms with Crippen molar-refractivity contribution in [3.05, 3.63) is 5.82 Å². The number of hydrogen-bond acceptors (Lipinski definition) is 7. The molecule has 0 radical (unpaired) electrons. The highest BCUT2D eigenvalue weighted by atomic mass is 32.1. The van der Waals surface area contributed by atoms with Gasteiger partial charge < -0.3 is 15.4 Å². The first-order valence-electron chi connectivity index (χ1n) is 4.86. The van der Waals surface area contributed by atoms with Gasteiger partial charge in [-0.25, -0.2) is 4.68 Å². The molecule has 0 saturated carbocycles. The number of aldehydes is 1. The van der Waals surface area contributed by atoms with Gasteiger partial charge in [-0.3, -0.25) is 0 Å². The van der Waals surface area contributed by atoms with Crippen LogP contribution in [0.5, 0.6) is 0 Å². The monoisotopic (exact) mass is 244 g/mol. The quantitative estimate of drug-likeness (QED) is 0.479. The Labute approximate surface area is 99.4 Å². The molecule has 0 aliphatic rings. The fourth-order valence-electron chi connectivity index (χ4n) is 1.12. The summed E-state index contributed by atoms with van der Waals surface area (Å²) in [5, 5.41) is 10.8. The van der Waals surface area contributed by atoms with E-state index >= 15 is 0 Å². The zero-order valence-corrected chi connectivity index (χ0v) is 10.2. The van der Waals surface area contributed by atoms with Crippen LogP contribution >= 0.6 is 12.6 Å². The van der Waals surface area contributed by atoms with Crippen LogP contribution in [-0.2, 0) is 11.3 Å². The normalized spacial score (nSPS) is 15.1. The van der Waals surface area contributed by atoms with Crippen molar-refractivity contribution < 1.29 is 4.79 Å². The van der Waals surface area contributed by atoms with E-state index in [1.165, 1.54) is 0 Å². The second-order valence-electron chi connectivity index (χ2n) is 3.72. The first-order chi connectivity index (χ1) is 7.56. The summed E-state index contributed by atoms with van der Waals surface area (Å²) >= 11 is 4.24. The van der Waals surface area contributed by atoms with Gasteiger partial charge in [0.1, 0.15) is 6.29 Å². The van der Waals surface area contributed by atoms with Gasteiger partial charge in [0.15, 0.2) is 5.82 Å². The van der Waals surface area contributed by atoms with E-state index in [9.17, 15) is 4.79 Å². The van der Waals surface area contributed by atoms with Gasteiger partial charge in [0.2, 0.25) is 0 Å². The molecule has 0 fully saturated rings. The topological polar surface area (TPSA) is 89.9 Å². The number of nitrogens with two attached hydrogens (primary N) is 1. The van der Waals surface area contributed by atoms with Crippen LogP contribution in [0.3, 0.4) is 0 Å². The number of nitrogens with zero attached hydrogens (tertiary/aromatic N) is 5. The molecule has 90 valence electrons. The average molecular weight is 244 g/mol. The lowest BCUT2D eigenvalue weighted by atomic mass is 10.2. The summed E-state index contributed by atoms with van der Waals surface area (Å²) < 4.78 is 1.61. The van der Waals surface area contributed by atoms with E-state index in [2.05, 4.69) is 28.2 Å². The standard InChI is InChI=1S/C8H16N6OS/c1-13(2)3-4-14-8(10-11-12-14)7(16)6(9)5-15/h5-7,16H,3-4,9H2,1-2H3. The lowest BCUT2D eigenvalue weighted by Gasteiger charge is -2.14. The Balaban J connectivity index is 2.73. The molecule has 0 amide bonds. The second-order valence-corrected chi connectivity index (χ2v) is 4.28. The summed E-state index contributed by atoms with van der Waals surface area (Å²) in [6.07, 6.45) is 0.642. The molecule has 1 rings (SSSR count). The van der Waals surface area contributed by atoms with Crippen LogP contribution in [0.15, 0.2) is 0 Å². The largest absolute Gasteiger partial charge is 0.320 e. The molecule has 7 nitrogen and oxygen atoms in total. The van der Waals surface area contributed by atoms with Crippen LogP contribution in [0, 0.1) is 0 Å². The van der Waals surface area contributed by atoms with E-state index in [-0.39, 0.29) is 0 Å². The van der Waals surface area contributed by atoms with Crippen LogP contribution < -0.4 is 5.73 Å². The zero-order chi connectivity index (χ0) is 12.1. The molecule has 8 heteroatoms. The first-order valence-corrected chi connectivity index (χ1v) is 5.37. The van der Waals surface area contributed by atoms with Crippen molar-refractivity contribution in [3.8, 4) is 0 Å². The Bertz CT molecular complexity index is 341. The van der Waals surface area contributed by atoms with Crippen molar-refractivity contribution in [2.24, 2.45) is 5.73 Å². The lowest BCUT2D eigenvalue weighted by Crippen LogP contribution is -2.30. The Morgan fingerprint density at radius 2 is 2.31 bits per heavy atom. The zero-order valence-electron chi connectivity index (χ0n) is 9.32. The maximum absolute atomic E-state index is 10.6. The van der Waals surface area contributed by atoms with Crippen molar-refractivity contribution in [2.45, 2.75) is 17.8 Å². The third-order valence-electron chi connectivity index (χ3n) is 2.10. The molecule has 0 bridgehead atoms. The van der Waals surface area contributed by atoms with E-state index in [0.717, 1.165) is 6.54 Å². The summed E-state index contributed by atoms with van der Waals surface area (Å²) in [6.45, 7) is 1.44. The van der Waals surface area contributed by atoms with Gasteiger partial charge in [-0.15, -0.1) is 5.10 Å². The highest BCUT2D eigenvalue weighted by Crippen LogP contribution is 2.18. The highest BCUT2D eigenvalue weighted by Gasteiger charge is 2.21. The number of carbonyl (C=O) groups excluding carboxylic acids is 1. The van der Waals surface area contributed by atoms with Crippen LogP contribution in [-0.4, -0.2) is 58.1 Å². The van der Waals surface area contributed by atoms with E-state index in [4.69, 9.17) is 5.73 Å². The van der Waals surface area contributed by atoms with Gasteiger partial charge in [-0.1, -0.05) is 0 Å². The Hall–Kier alpha value is -0.990. The van der Waals surface area contributed by atoms with E-state index in [1.807, 2.05) is 19.0 Å². The maximum atomic E-state index is 10.6. The van der Waals surface area contributed by atoms with E-state index in [0.29, 0.717) is 18.7 Å². The van der Waals surface area contributed by atoms with Crippen molar-refractivity contribution in [2.75, 3.05) is 20.6 Å². The van der Waals surface area contributed by atoms with Gasteiger partial charge >= 0.3 is 0 Å². The molecule has 16 heavy (non-hydrogen) atoms. The summed E-state index contributed by atoms with van der Waals surface area (Å²) in [5.41, 5.74) is 5.57. The number of likely N-dealkylation sites (N-methyl/N-ethyl adjacent to an activating group) is 1. The minimum Gasteiger partial charge on any atom is -0.320 e. The van der Waals surface area contributed by atoms with Crippen LogP contribution in [0.4, 0.5) is 0 Å². The molecule has 0 aliphatic heterocycles. The number of tetrazole rings is 1. The van der Waals surface area contributed by atoms with Crippen LogP contribution in [0.2, 0.25) is 0 Å². The minimum absolute atomic E-state index is 0.477. The predicted molar refractivity (Wildman–Crippen MR) is 62.1 cm³/mol. The van der Waals surface area contributed by atoms with Gasteiger partial charge in [0.05, 0.1) is 17.8 Å². The number of carbonyl (C=O) groups is 1. The molecule has 0 aliphatic carbocycles. The Morgan fingerprint density at radius 1 is 1.62 bits per heavy atom. The van der Waals surface area contributed by atoms with Gasteiger partial charge in [-0.2, -0.15) is 12.6 Å². The molecule has 0 spiro atoms. The summed E-state index contributed by atoms with van der Waals surface area (Å²) in [6, 6.07) is -0.701. The molecule has 0 saturated heterocycles. The molecular weight excluding hydrogens is 228 g/mol. The SMILES string of the molecule is CN(C)CCn1nnnc1C(S)C(N)C=O. The fraction of sp³-hybridized carbons (Fsp3) is 0.750. The molecule has 2 N–H and O–H groups in total. The maximum Gasteiger partial charge on any atom is 0.166 e. The van der Waals surface area contributed by atoms with Gasteiger partial charge in [0, 0.05) is 6.54 Å². The second kappa shape index (κ2) is 5.92. The third kappa shape index (κ3) is 3.26. The Morgan fingerprint density at radius 3 is 2.88 bits per heavy atom. The summed E-state index contributed by atoms with van der Waals surface area (Å²) in [4.78, 5) is 12.6. The Kier molecular flexibility index (Phi) is 4.84. The fourth-order valence-corrected chi connectivity index (χ4v) is 1.38. The third-order valence-corrected chi connectivity index (χ3v) is 2.68. The van der Waals surface area contributed by atoms with Crippen LogP contribution in [0.1, 0.15) is 11.1 Å². The molecule has 1 aromatic heterocycles. The highest BCUT2D eigenvalue weighted by molar-refractivity contribution is 7.80. The minimum atomic E-state index is -0.701. The summed E-state index contributed by atoms with van der Waals surface area (Å²) in [7, 11) is 3.92. The van der Waals surface area contributed by atoms with E-state index in [1.54, 1.807) is 4.68 Å². The van der Waals surface area contributed by atoms with Crippen molar-refractivity contribution >= 4 is 18.9 Å². The average Bonchev–Trinajstić information content (AvgIpc) is 2.72. The number of hydrogen-bond donors (Lipinski definition) is 2.